The number of amides is 1. The van der Waals surface area contributed by atoms with E-state index in [1.54, 1.807) is 31.2 Å². The van der Waals surface area contributed by atoms with Gasteiger partial charge in [-0.25, -0.2) is 8.42 Å². The summed E-state index contributed by atoms with van der Waals surface area (Å²) in [5.41, 5.74) is 2.76. The molecule has 1 aromatic heterocycles. The third kappa shape index (κ3) is 6.31. The van der Waals surface area contributed by atoms with Crippen molar-refractivity contribution in [1.29, 1.82) is 0 Å². The summed E-state index contributed by atoms with van der Waals surface area (Å²) in [5.74, 6) is -0.268. The van der Waals surface area contributed by atoms with Gasteiger partial charge >= 0.3 is 6.18 Å². The fraction of sp³-hybridized carbons (Fsp3) is 0.276. The smallest absolute Gasteiger partial charge is 0.348 e. The van der Waals surface area contributed by atoms with Gasteiger partial charge in [-0.3, -0.25) is 4.79 Å². The Balaban J connectivity index is 1.55. The van der Waals surface area contributed by atoms with Crippen LogP contribution >= 0.6 is 11.6 Å². The Morgan fingerprint density at radius 3 is 2.28 bits per heavy atom. The van der Waals surface area contributed by atoms with Crippen molar-refractivity contribution in [3.63, 3.8) is 0 Å². The average molecular weight is 577 g/mol. The van der Waals surface area contributed by atoms with Crippen molar-refractivity contribution in [2.45, 2.75) is 50.9 Å². The van der Waals surface area contributed by atoms with E-state index in [0.29, 0.717) is 17.5 Å². The first-order valence-corrected chi connectivity index (χ1v) is 14.4. The monoisotopic (exact) mass is 576 g/mol. The summed E-state index contributed by atoms with van der Waals surface area (Å²) in [4.78, 5) is 13.1. The number of hydrogen-bond donors (Lipinski definition) is 1. The molecular formula is C29H28ClF3N2O3S. The van der Waals surface area contributed by atoms with Gasteiger partial charge < -0.3 is 9.88 Å². The molecule has 0 saturated carbocycles. The van der Waals surface area contributed by atoms with E-state index in [9.17, 15) is 26.4 Å². The summed E-state index contributed by atoms with van der Waals surface area (Å²) in [7, 11) is -3.29. The van der Waals surface area contributed by atoms with Crippen LogP contribution in [0.1, 0.15) is 59.6 Å². The molecule has 5 nitrogen and oxygen atoms in total. The Hall–Kier alpha value is -3.30. The van der Waals surface area contributed by atoms with Crippen molar-refractivity contribution in [3.05, 3.63) is 99.7 Å². The standard InChI is InChI=1S/C29H28ClF3N2O3S/c1-4-39(37,38)25-10-5-19(6-11-25)17-34-28(36)21-8-12-27-22(13-21)15-24(35(27)18(2)3)14-20-7-9-23(16-26(20)30)29(31,32)33/h5-13,15-16,18H,4,14,17H2,1-3H3,(H,34,36). The molecule has 4 aromatic rings. The van der Waals surface area contributed by atoms with Crippen molar-refractivity contribution in [3.8, 4) is 0 Å². The molecule has 0 saturated heterocycles. The molecular weight excluding hydrogens is 549 g/mol. The third-order valence-corrected chi connectivity index (χ3v) is 8.67. The molecule has 0 spiro atoms. The number of sulfone groups is 1. The van der Waals surface area contributed by atoms with Crippen molar-refractivity contribution in [2.24, 2.45) is 0 Å². The molecule has 0 bridgehead atoms. The Labute approximate surface area is 230 Å². The molecule has 0 aliphatic carbocycles. The summed E-state index contributed by atoms with van der Waals surface area (Å²) in [6.45, 7) is 5.83. The predicted molar refractivity (Wildman–Crippen MR) is 147 cm³/mol. The van der Waals surface area contributed by atoms with Crippen LogP contribution in [0.4, 0.5) is 13.2 Å². The van der Waals surface area contributed by atoms with E-state index in [2.05, 4.69) is 9.88 Å². The van der Waals surface area contributed by atoms with Gasteiger partial charge in [-0.05, 0) is 73.5 Å². The SMILES string of the molecule is CCS(=O)(=O)c1ccc(CNC(=O)c2ccc3c(c2)cc(Cc2ccc(C(F)(F)F)cc2Cl)n3C(C)C)cc1. The normalized spacial score (nSPS) is 12.3. The molecule has 0 unspecified atom stereocenters. The number of halogens is 4. The van der Waals surface area contributed by atoms with E-state index in [1.807, 2.05) is 26.0 Å². The summed E-state index contributed by atoms with van der Waals surface area (Å²) >= 11 is 6.21. The number of carbonyl (C=O) groups excluding carboxylic acids is 1. The maximum Gasteiger partial charge on any atom is 0.416 e. The summed E-state index contributed by atoms with van der Waals surface area (Å²) in [6, 6.07) is 17.1. The number of hydrogen-bond acceptors (Lipinski definition) is 3. The lowest BCUT2D eigenvalue weighted by Gasteiger charge is -2.16. The lowest BCUT2D eigenvalue weighted by molar-refractivity contribution is -0.137. The zero-order valence-corrected chi connectivity index (χ0v) is 23.2. The minimum Gasteiger partial charge on any atom is -0.348 e. The van der Waals surface area contributed by atoms with Crippen molar-refractivity contribution in [1.82, 2.24) is 9.88 Å². The van der Waals surface area contributed by atoms with Crippen LogP contribution < -0.4 is 5.32 Å². The number of nitrogens with zero attached hydrogens (tertiary/aromatic N) is 1. The van der Waals surface area contributed by atoms with E-state index < -0.39 is 21.6 Å². The van der Waals surface area contributed by atoms with Gasteiger partial charge in [0.1, 0.15) is 0 Å². The highest BCUT2D eigenvalue weighted by Gasteiger charge is 2.31. The second-order valence-electron chi connectivity index (χ2n) is 9.58. The lowest BCUT2D eigenvalue weighted by atomic mass is 10.1. The minimum atomic E-state index is -4.47. The van der Waals surface area contributed by atoms with E-state index in [0.717, 1.165) is 34.3 Å². The number of nitrogens with one attached hydrogen (secondary N) is 1. The van der Waals surface area contributed by atoms with Gasteiger partial charge in [0, 0.05) is 46.2 Å². The van der Waals surface area contributed by atoms with Crippen molar-refractivity contribution in [2.75, 3.05) is 5.75 Å². The first kappa shape index (κ1) is 28.7. The molecule has 0 aliphatic rings. The van der Waals surface area contributed by atoms with Crippen LogP contribution in [0.2, 0.25) is 5.02 Å². The zero-order valence-electron chi connectivity index (χ0n) is 21.6. The molecule has 4 rings (SSSR count). The van der Waals surface area contributed by atoms with Crippen molar-refractivity contribution >= 4 is 38.2 Å². The van der Waals surface area contributed by atoms with Crippen LogP contribution in [-0.4, -0.2) is 24.6 Å². The van der Waals surface area contributed by atoms with Gasteiger partial charge in [0.25, 0.3) is 5.91 Å². The topological polar surface area (TPSA) is 68.2 Å². The average Bonchev–Trinajstić information content (AvgIpc) is 3.25. The second-order valence-corrected chi connectivity index (χ2v) is 12.3. The molecule has 39 heavy (non-hydrogen) atoms. The van der Waals surface area contributed by atoms with E-state index in [-0.39, 0.29) is 34.2 Å². The van der Waals surface area contributed by atoms with Crippen LogP contribution in [0, 0.1) is 0 Å². The molecule has 10 heteroatoms. The molecule has 0 radical (unpaired) electrons. The van der Waals surface area contributed by atoms with E-state index in [4.69, 9.17) is 11.6 Å². The quantitative estimate of drug-likeness (QED) is 0.241. The fourth-order valence-corrected chi connectivity index (χ4v) is 5.64. The molecule has 0 fully saturated rings. The van der Waals surface area contributed by atoms with Crippen LogP contribution in [0.5, 0.6) is 0 Å². The Bertz CT molecular complexity index is 1630. The maximum absolute atomic E-state index is 13.0. The summed E-state index contributed by atoms with van der Waals surface area (Å²) in [6.07, 6.45) is -4.14. The highest BCUT2D eigenvalue weighted by atomic mass is 35.5. The number of benzene rings is 3. The maximum atomic E-state index is 13.0. The van der Waals surface area contributed by atoms with Crippen LogP contribution in [-0.2, 0) is 29.0 Å². The molecule has 1 heterocycles. The number of aromatic nitrogens is 1. The molecule has 1 N–H and O–H groups in total. The number of alkyl halides is 3. The highest BCUT2D eigenvalue weighted by molar-refractivity contribution is 7.91. The van der Waals surface area contributed by atoms with E-state index in [1.165, 1.54) is 18.2 Å². The summed E-state index contributed by atoms with van der Waals surface area (Å²) < 4.78 is 65.2. The number of carbonyl (C=O) groups is 1. The van der Waals surface area contributed by atoms with Gasteiger partial charge in [0.05, 0.1) is 16.2 Å². The molecule has 0 aliphatic heterocycles. The van der Waals surface area contributed by atoms with Gasteiger partial charge in [0.2, 0.25) is 0 Å². The Morgan fingerprint density at radius 1 is 1.00 bits per heavy atom. The van der Waals surface area contributed by atoms with Gasteiger partial charge in [-0.2, -0.15) is 13.2 Å². The Kier molecular flexibility index (Phi) is 8.14. The predicted octanol–water partition coefficient (Wildman–Crippen LogP) is 7.21. The molecule has 3 aromatic carbocycles. The summed E-state index contributed by atoms with van der Waals surface area (Å²) in [5, 5.41) is 3.73. The van der Waals surface area contributed by atoms with Crippen LogP contribution in [0.25, 0.3) is 10.9 Å². The second kappa shape index (κ2) is 11.1. The van der Waals surface area contributed by atoms with Crippen LogP contribution in [0.15, 0.2) is 71.6 Å². The molecule has 206 valence electrons. The van der Waals surface area contributed by atoms with Crippen molar-refractivity contribution < 1.29 is 26.4 Å². The molecule has 1 amide bonds. The van der Waals surface area contributed by atoms with Gasteiger partial charge in [-0.15, -0.1) is 0 Å². The number of fused-ring (bicyclic) bond motifs is 1. The van der Waals surface area contributed by atoms with E-state index >= 15 is 0 Å². The lowest BCUT2D eigenvalue weighted by Crippen LogP contribution is -2.22. The largest absolute Gasteiger partial charge is 0.416 e. The van der Waals surface area contributed by atoms with Gasteiger partial charge in [0.15, 0.2) is 9.84 Å². The van der Waals surface area contributed by atoms with Crippen LogP contribution in [0.3, 0.4) is 0 Å². The first-order valence-electron chi connectivity index (χ1n) is 12.4. The highest BCUT2D eigenvalue weighted by Crippen LogP contribution is 2.34. The Morgan fingerprint density at radius 2 is 1.69 bits per heavy atom. The zero-order chi connectivity index (χ0) is 28.5. The minimum absolute atomic E-state index is 0.0171. The first-order chi connectivity index (χ1) is 18.3. The third-order valence-electron chi connectivity index (χ3n) is 6.56. The molecule has 0 atom stereocenters. The van der Waals surface area contributed by atoms with Gasteiger partial charge in [-0.1, -0.05) is 36.7 Å². The number of rotatable bonds is 8. The fourth-order valence-electron chi connectivity index (χ4n) is 4.51.